The van der Waals surface area contributed by atoms with Crippen molar-refractivity contribution in [2.75, 3.05) is 11.9 Å². The van der Waals surface area contributed by atoms with Gasteiger partial charge >= 0.3 is 6.03 Å². The zero-order valence-electron chi connectivity index (χ0n) is 18.2. The van der Waals surface area contributed by atoms with Crippen LogP contribution in [0.5, 0.6) is 5.75 Å². The molecule has 0 radical (unpaired) electrons. The van der Waals surface area contributed by atoms with Crippen molar-refractivity contribution in [1.29, 1.82) is 0 Å². The molecular formula is C27H24ClN3O2. The van der Waals surface area contributed by atoms with Crippen LogP contribution < -0.4 is 10.1 Å². The van der Waals surface area contributed by atoms with E-state index in [0.717, 1.165) is 22.5 Å². The Bertz CT molecular complexity index is 1280. The van der Waals surface area contributed by atoms with Crippen LogP contribution in [-0.4, -0.2) is 22.1 Å². The largest absolute Gasteiger partial charge is 0.492 e. The number of halogens is 1. The first kappa shape index (κ1) is 21.2. The molecule has 3 aromatic carbocycles. The Morgan fingerprint density at radius 2 is 1.76 bits per heavy atom. The van der Waals surface area contributed by atoms with Gasteiger partial charge in [0.05, 0.1) is 30.6 Å². The van der Waals surface area contributed by atoms with Crippen LogP contribution >= 0.6 is 11.6 Å². The van der Waals surface area contributed by atoms with Crippen molar-refractivity contribution in [3.8, 4) is 11.4 Å². The van der Waals surface area contributed by atoms with Gasteiger partial charge in [-0.15, -0.1) is 0 Å². The highest BCUT2D eigenvalue weighted by Gasteiger charge is 2.33. The SMILES string of the molecule is CCOc1ccccc1NC(=O)N1Cc2ccccc2-n2cccc2[C@H]1c1ccc(Cl)cc1. The number of aromatic nitrogens is 1. The molecular weight excluding hydrogens is 434 g/mol. The van der Waals surface area contributed by atoms with Crippen molar-refractivity contribution in [3.05, 3.63) is 113 Å². The van der Waals surface area contributed by atoms with E-state index in [1.807, 2.05) is 84.8 Å². The van der Waals surface area contributed by atoms with E-state index in [1.54, 1.807) is 0 Å². The van der Waals surface area contributed by atoms with E-state index in [2.05, 4.69) is 28.1 Å². The maximum Gasteiger partial charge on any atom is 0.323 e. The number of carbonyl (C=O) groups is 1. The summed E-state index contributed by atoms with van der Waals surface area (Å²) < 4.78 is 7.89. The number of urea groups is 1. The van der Waals surface area contributed by atoms with Crippen molar-refractivity contribution < 1.29 is 9.53 Å². The van der Waals surface area contributed by atoms with E-state index in [0.29, 0.717) is 29.6 Å². The quantitative estimate of drug-likeness (QED) is 0.372. The molecule has 5 nitrogen and oxygen atoms in total. The summed E-state index contributed by atoms with van der Waals surface area (Å²) in [6.07, 6.45) is 2.04. The van der Waals surface area contributed by atoms with Gasteiger partial charge in [0.1, 0.15) is 5.75 Å². The van der Waals surface area contributed by atoms with Crippen molar-refractivity contribution >= 4 is 23.3 Å². The summed E-state index contributed by atoms with van der Waals surface area (Å²) >= 11 is 6.18. The Kier molecular flexibility index (Phi) is 5.80. The number of hydrogen-bond acceptors (Lipinski definition) is 2. The third-order valence-electron chi connectivity index (χ3n) is 5.84. The fraction of sp³-hybridized carbons (Fsp3) is 0.148. The number of para-hydroxylation sites is 3. The Hall–Kier alpha value is -3.70. The molecule has 0 fully saturated rings. The number of carbonyl (C=O) groups excluding carboxylic acids is 1. The normalized spacial score (nSPS) is 14.7. The van der Waals surface area contributed by atoms with Gasteiger partial charge in [0.2, 0.25) is 0 Å². The van der Waals surface area contributed by atoms with Crippen molar-refractivity contribution in [1.82, 2.24) is 9.47 Å². The molecule has 4 aromatic rings. The number of anilines is 1. The molecule has 1 aliphatic rings. The second-order valence-corrected chi connectivity index (χ2v) is 8.31. The minimum absolute atomic E-state index is 0.202. The molecule has 0 unspecified atom stereocenters. The van der Waals surface area contributed by atoms with E-state index >= 15 is 0 Å². The number of benzene rings is 3. The molecule has 1 atom stereocenters. The molecule has 1 aliphatic heterocycles. The average Bonchev–Trinajstić information content (AvgIpc) is 3.26. The Morgan fingerprint density at radius 3 is 2.58 bits per heavy atom. The van der Waals surface area contributed by atoms with E-state index in [4.69, 9.17) is 16.3 Å². The van der Waals surface area contributed by atoms with Crippen LogP contribution in [0.15, 0.2) is 91.1 Å². The molecule has 1 N–H and O–H groups in total. The van der Waals surface area contributed by atoms with Crippen LogP contribution in [0.4, 0.5) is 10.5 Å². The lowest BCUT2D eigenvalue weighted by Gasteiger charge is -2.31. The molecule has 0 saturated carbocycles. The second kappa shape index (κ2) is 9.04. The lowest BCUT2D eigenvalue weighted by atomic mass is 10.0. The first-order valence-electron chi connectivity index (χ1n) is 11.0. The van der Waals surface area contributed by atoms with Gasteiger partial charge in [-0.1, -0.05) is 54.1 Å². The van der Waals surface area contributed by atoms with Gasteiger partial charge in [-0.25, -0.2) is 4.79 Å². The smallest absolute Gasteiger partial charge is 0.323 e. The summed E-state index contributed by atoms with van der Waals surface area (Å²) in [6.45, 7) is 2.90. The Morgan fingerprint density at radius 1 is 1.00 bits per heavy atom. The van der Waals surface area contributed by atoms with Crippen LogP contribution in [0.2, 0.25) is 5.02 Å². The molecule has 2 amide bonds. The highest BCUT2D eigenvalue weighted by atomic mass is 35.5. The van der Waals surface area contributed by atoms with Crippen LogP contribution in [0.1, 0.15) is 29.8 Å². The number of amides is 2. The van der Waals surface area contributed by atoms with Crippen molar-refractivity contribution in [2.24, 2.45) is 0 Å². The van der Waals surface area contributed by atoms with E-state index in [9.17, 15) is 4.79 Å². The zero-order chi connectivity index (χ0) is 22.8. The van der Waals surface area contributed by atoms with E-state index < -0.39 is 0 Å². The molecule has 5 rings (SSSR count). The Labute approximate surface area is 198 Å². The topological polar surface area (TPSA) is 46.5 Å². The number of nitrogens with zero attached hydrogens (tertiary/aromatic N) is 2. The number of hydrogen-bond donors (Lipinski definition) is 1. The minimum Gasteiger partial charge on any atom is -0.492 e. The number of ether oxygens (including phenoxy) is 1. The van der Waals surface area contributed by atoms with Crippen molar-refractivity contribution in [3.63, 3.8) is 0 Å². The van der Waals surface area contributed by atoms with Crippen LogP contribution in [0.25, 0.3) is 5.69 Å². The summed E-state index contributed by atoms with van der Waals surface area (Å²) in [4.78, 5) is 15.7. The number of nitrogens with one attached hydrogen (secondary N) is 1. The van der Waals surface area contributed by atoms with Crippen LogP contribution in [-0.2, 0) is 6.54 Å². The molecule has 166 valence electrons. The van der Waals surface area contributed by atoms with E-state index in [1.165, 1.54) is 0 Å². The van der Waals surface area contributed by atoms with Gasteiger partial charge in [-0.2, -0.15) is 0 Å². The maximum absolute atomic E-state index is 13.8. The second-order valence-electron chi connectivity index (χ2n) is 7.87. The lowest BCUT2D eigenvalue weighted by molar-refractivity contribution is 0.194. The highest BCUT2D eigenvalue weighted by molar-refractivity contribution is 6.30. The molecule has 2 heterocycles. The summed E-state index contributed by atoms with van der Waals surface area (Å²) in [6, 6.07) is 26.9. The van der Waals surface area contributed by atoms with Crippen LogP contribution in [0, 0.1) is 0 Å². The van der Waals surface area contributed by atoms with Crippen LogP contribution in [0.3, 0.4) is 0 Å². The fourth-order valence-electron chi connectivity index (χ4n) is 4.37. The molecule has 1 aromatic heterocycles. The molecule has 33 heavy (non-hydrogen) atoms. The summed E-state index contributed by atoms with van der Waals surface area (Å²) in [5.74, 6) is 0.648. The van der Waals surface area contributed by atoms with Gasteiger partial charge in [0.15, 0.2) is 0 Å². The van der Waals surface area contributed by atoms with Gasteiger partial charge in [0.25, 0.3) is 0 Å². The fourth-order valence-corrected chi connectivity index (χ4v) is 4.50. The van der Waals surface area contributed by atoms with Gasteiger partial charge in [0, 0.05) is 16.9 Å². The molecule has 6 heteroatoms. The lowest BCUT2D eigenvalue weighted by Crippen LogP contribution is -2.38. The molecule has 0 saturated heterocycles. The highest BCUT2D eigenvalue weighted by Crippen LogP contribution is 2.37. The first-order chi connectivity index (χ1) is 16.2. The predicted molar refractivity (Wildman–Crippen MR) is 131 cm³/mol. The third-order valence-corrected chi connectivity index (χ3v) is 6.09. The molecule has 0 bridgehead atoms. The number of fused-ring (bicyclic) bond motifs is 3. The van der Waals surface area contributed by atoms with Gasteiger partial charge in [-0.3, -0.25) is 0 Å². The summed E-state index contributed by atoms with van der Waals surface area (Å²) in [5.41, 5.74) is 4.78. The van der Waals surface area contributed by atoms with E-state index in [-0.39, 0.29) is 12.1 Å². The monoisotopic (exact) mass is 457 g/mol. The first-order valence-corrected chi connectivity index (χ1v) is 11.3. The molecule has 0 aliphatic carbocycles. The minimum atomic E-state index is -0.302. The number of rotatable bonds is 4. The zero-order valence-corrected chi connectivity index (χ0v) is 19.0. The molecule has 0 spiro atoms. The van der Waals surface area contributed by atoms with Gasteiger partial charge < -0.3 is 19.5 Å². The standard InChI is InChI=1S/C27H24ClN3O2/c1-2-33-25-12-6-4-9-22(25)29-27(32)31-18-20-8-3-5-10-23(20)30-17-7-11-24(30)26(31)19-13-15-21(28)16-14-19/h3-17,26H,2,18H2,1H3,(H,29,32)/t26-/m1/s1. The Balaban J connectivity index is 1.61. The third kappa shape index (κ3) is 4.08. The summed E-state index contributed by atoms with van der Waals surface area (Å²) in [7, 11) is 0. The predicted octanol–water partition coefficient (Wildman–Crippen LogP) is 6.67. The van der Waals surface area contributed by atoms with Crippen molar-refractivity contribution in [2.45, 2.75) is 19.5 Å². The summed E-state index contributed by atoms with van der Waals surface area (Å²) in [5, 5.41) is 3.74. The average molecular weight is 458 g/mol. The maximum atomic E-state index is 13.8. The van der Waals surface area contributed by atoms with Gasteiger partial charge in [-0.05, 0) is 60.5 Å².